The van der Waals surface area contributed by atoms with Crippen molar-refractivity contribution in [2.45, 2.75) is 199 Å². The number of nitrogens with two attached hydrogens (primary N) is 1. The Labute approximate surface area is 236 Å². The van der Waals surface area contributed by atoms with E-state index in [1.165, 1.54) is 116 Å². The number of rotatable bonds is 30. The normalized spacial score (nSPS) is 14.9. The number of aliphatic hydroxyl groups excluding tert-OH is 3. The number of carbonyl (C=O) groups excluding carboxylic acids is 1. The van der Waals surface area contributed by atoms with E-state index >= 15 is 0 Å². The highest BCUT2D eigenvalue weighted by molar-refractivity contribution is 5.82. The fourth-order valence-electron chi connectivity index (χ4n) is 5.52. The van der Waals surface area contributed by atoms with Crippen molar-refractivity contribution < 1.29 is 20.1 Å². The van der Waals surface area contributed by atoms with Crippen LogP contribution in [0.1, 0.15) is 181 Å². The molecule has 0 fully saturated rings. The van der Waals surface area contributed by atoms with Gasteiger partial charge < -0.3 is 21.1 Å². The smallest absolute Gasteiger partial charge is 0.145 e. The van der Waals surface area contributed by atoms with Gasteiger partial charge in [0.15, 0.2) is 0 Å². The minimum Gasteiger partial charge on any atom is -0.393 e. The molecule has 0 aliphatic rings. The summed E-state index contributed by atoms with van der Waals surface area (Å²) in [6, 6.07) is 0. The van der Waals surface area contributed by atoms with Crippen molar-refractivity contribution >= 4 is 5.78 Å². The second-order valence-electron chi connectivity index (χ2n) is 11.9. The summed E-state index contributed by atoms with van der Waals surface area (Å²) < 4.78 is 0. The molecule has 5 heteroatoms. The number of carbonyl (C=O) groups is 1. The molecule has 0 aromatic rings. The summed E-state index contributed by atoms with van der Waals surface area (Å²) in [6.07, 6.45) is 26.6. The van der Waals surface area contributed by atoms with E-state index in [1.807, 2.05) is 0 Å². The Balaban J connectivity index is 3.86. The lowest BCUT2D eigenvalue weighted by Gasteiger charge is -2.25. The van der Waals surface area contributed by atoms with Gasteiger partial charge in [0.25, 0.3) is 0 Å². The third-order valence-corrected chi connectivity index (χ3v) is 8.09. The van der Waals surface area contributed by atoms with Crippen LogP contribution in [0.2, 0.25) is 0 Å². The van der Waals surface area contributed by atoms with Gasteiger partial charge >= 0.3 is 0 Å². The van der Waals surface area contributed by atoms with Crippen LogP contribution in [0, 0.1) is 5.92 Å². The zero-order chi connectivity index (χ0) is 28.3. The molecule has 0 saturated carbocycles. The Morgan fingerprint density at radius 3 is 1.18 bits per heavy atom. The molecule has 0 heterocycles. The fraction of sp³-hybridized carbons (Fsp3) is 0.970. The van der Waals surface area contributed by atoms with Crippen LogP contribution in [-0.4, -0.2) is 39.5 Å². The van der Waals surface area contributed by atoms with E-state index in [0.717, 1.165) is 32.1 Å². The first-order valence-electron chi connectivity index (χ1n) is 16.8. The van der Waals surface area contributed by atoms with Gasteiger partial charge in [-0.3, -0.25) is 4.79 Å². The maximum Gasteiger partial charge on any atom is 0.145 e. The average molecular weight is 542 g/mol. The van der Waals surface area contributed by atoms with E-state index in [-0.39, 0.29) is 12.2 Å². The highest BCUT2D eigenvalue weighted by Gasteiger charge is 2.32. The lowest BCUT2D eigenvalue weighted by atomic mass is 9.88. The van der Waals surface area contributed by atoms with Gasteiger partial charge in [0.05, 0.1) is 18.1 Å². The molecule has 0 radical (unpaired) electrons. The first-order chi connectivity index (χ1) is 18.4. The summed E-state index contributed by atoms with van der Waals surface area (Å²) in [5.41, 5.74) is 5.66. The van der Waals surface area contributed by atoms with E-state index in [2.05, 4.69) is 13.8 Å². The van der Waals surface area contributed by atoms with Crippen LogP contribution in [0.15, 0.2) is 0 Å². The summed E-state index contributed by atoms with van der Waals surface area (Å²) >= 11 is 0. The predicted molar refractivity (Wildman–Crippen MR) is 162 cm³/mol. The standard InChI is InChI=1S/C33H67NO4/c1-3-5-7-9-11-13-15-16-17-19-21-23-25-27-30(36)32(33(34)38)31(37)28-29(35)26-24-22-20-18-14-12-10-8-6-4-2/h29-30,32-33,35-36,38H,3-28,34H2,1-2H3. The summed E-state index contributed by atoms with van der Waals surface area (Å²) in [6.45, 7) is 4.50. The number of Topliss-reactive ketones (excluding diaryl/α,β-unsaturated/α-hetero) is 1. The molecule has 228 valence electrons. The van der Waals surface area contributed by atoms with Crippen LogP contribution in [0.4, 0.5) is 0 Å². The maximum absolute atomic E-state index is 12.7. The number of ketones is 1. The van der Waals surface area contributed by atoms with Gasteiger partial charge in [-0.25, -0.2) is 0 Å². The molecule has 0 aromatic carbocycles. The fourth-order valence-corrected chi connectivity index (χ4v) is 5.52. The van der Waals surface area contributed by atoms with Gasteiger partial charge in [-0.15, -0.1) is 0 Å². The molecule has 4 atom stereocenters. The molecule has 5 nitrogen and oxygen atoms in total. The SMILES string of the molecule is CCCCCCCCCCCCCCCC(O)C(C(=O)CC(O)CCCCCCCCCCCC)C(N)O. The van der Waals surface area contributed by atoms with Crippen molar-refractivity contribution in [1.29, 1.82) is 0 Å². The van der Waals surface area contributed by atoms with Gasteiger partial charge in [-0.1, -0.05) is 162 Å². The van der Waals surface area contributed by atoms with Crippen molar-refractivity contribution in [3.05, 3.63) is 0 Å². The Morgan fingerprint density at radius 1 is 0.526 bits per heavy atom. The molecule has 0 amide bonds. The van der Waals surface area contributed by atoms with Gasteiger partial charge in [-0.2, -0.15) is 0 Å². The maximum atomic E-state index is 12.7. The molecule has 0 saturated heterocycles. The van der Waals surface area contributed by atoms with Crippen LogP contribution < -0.4 is 5.73 Å². The minimum atomic E-state index is -1.39. The van der Waals surface area contributed by atoms with Crippen molar-refractivity contribution in [3.8, 4) is 0 Å². The van der Waals surface area contributed by atoms with Crippen LogP contribution in [-0.2, 0) is 4.79 Å². The van der Waals surface area contributed by atoms with Crippen molar-refractivity contribution in [2.24, 2.45) is 11.7 Å². The van der Waals surface area contributed by atoms with Crippen molar-refractivity contribution in [2.75, 3.05) is 0 Å². The van der Waals surface area contributed by atoms with Gasteiger partial charge in [0.2, 0.25) is 0 Å². The van der Waals surface area contributed by atoms with E-state index in [1.54, 1.807) is 0 Å². The van der Waals surface area contributed by atoms with Crippen molar-refractivity contribution in [3.63, 3.8) is 0 Å². The molecule has 38 heavy (non-hydrogen) atoms. The van der Waals surface area contributed by atoms with Crippen molar-refractivity contribution in [1.82, 2.24) is 0 Å². The zero-order valence-corrected chi connectivity index (χ0v) is 25.5. The molecule has 0 spiro atoms. The Morgan fingerprint density at radius 2 is 0.842 bits per heavy atom. The lowest BCUT2D eigenvalue weighted by Crippen LogP contribution is -2.44. The molecule has 4 unspecified atom stereocenters. The molecular formula is C33H67NO4. The van der Waals surface area contributed by atoms with Gasteiger partial charge in [-0.05, 0) is 12.8 Å². The molecule has 0 rings (SSSR count). The number of aliphatic hydroxyl groups is 3. The average Bonchev–Trinajstić information content (AvgIpc) is 2.87. The molecule has 0 aromatic heterocycles. The third kappa shape index (κ3) is 23.4. The van der Waals surface area contributed by atoms with E-state index in [9.17, 15) is 20.1 Å². The third-order valence-electron chi connectivity index (χ3n) is 8.09. The largest absolute Gasteiger partial charge is 0.393 e. The number of hydrogen-bond acceptors (Lipinski definition) is 5. The Hall–Kier alpha value is -0.490. The van der Waals surface area contributed by atoms with E-state index in [0.29, 0.717) is 12.8 Å². The van der Waals surface area contributed by atoms with Crippen LogP contribution in [0.3, 0.4) is 0 Å². The van der Waals surface area contributed by atoms with Crippen LogP contribution >= 0.6 is 0 Å². The quantitative estimate of drug-likeness (QED) is 0.0540. The summed E-state index contributed by atoms with van der Waals surface area (Å²) in [5, 5.41) is 30.8. The van der Waals surface area contributed by atoms with E-state index < -0.39 is 24.4 Å². The molecule has 0 aliphatic carbocycles. The highest BCUT2D eigenvalue weighted by Crippen LogP contribution is 2.20. The molecule has 5 N–H and O–H groups in total. The molecular weight excluding hydrogens is 474 g/mol. The number of unbranched alkanes of at least 4 members (excludes halogenated alkanes) is 21. The van der Waals surface area contributed by atoms with Gasteiger partial charge in [0.1, 0.15) is 12.0 Å². The first-order valence-corrected chi connectivity index (χ1v) is 16.8. The molecule has 0 aliphatic heterocycles. The van der Waals surface area contributed by atoms with Gasteiger partial charge in [0, 0.05) is 6.42 Å². The Bertz CT molecular complexity index is 499. The van der Waals surface area contributed by atoms with Crippen LogP contribution in [0.5, 0.6) is 0 Å². The predicted octanol–water partition coefficient (Wildman–Crippen LogP) is 8.35. The Kier molecular flexibility index (Phi) is 27.7. The highest BCUT2D eigenvalue weighted by atomic mass is 16.3. The van der Waals surface area contributed by atoms with Crippen LogP contribution in [0.25, 0.3) is 0 Å². The summed E-state index contributed by atoms with van der Waals surface area (Å²) in [4.78, 5) is 12.7. The zero-order valence-electron chi connectivity index (χ0n) is 25.5. The monoisotopic (exact) mass is 542 g/mol. The molecule has 0 bridgehead atoms. The minimum absolute atomic E-state index is 0.0357. The second-order valence-corrected chi connectivity index (χ2v) is 11.9. The van der Waals surface area contributed by atoms with E-state index in [4.69, 9.17) is 5.73 Å². The summed E-state index contributed by atoms with van der Waals surface area (Å²) in [7, 11) is 0. The first kappa shape index (κ1) is 37.5. The summed E-state index contributed by atoms with van der Waals surface area (Å²) in [5.74, 6) is -1.32. The lowest BCUT2D eigenvalue weighted by molar-refractivity contribution is -0.133. The number of hydrogen-bond donors (Lipinski definition) is 4. The second kappa shape index (κ2) is 28.1. The topological polar surface area (TPSA) is 104 Å².